The molecule has 0 amide bonds. The van der Waals surface area contributed by atoms with Gasteiger partial charge in [-0.25, -0.2) is 0 Å². The highest BCUT2D eigenvalue weighted by Crippen LogP contribution is 2.11. The molecule has 0 spiro atoms. The standard InChI is InChI=1S/3C10H20O2.2C7H14O6/c3*1-2-3-4-5-6-7-8-9-10(11)12;2*1-3(9)5(11)7(13)6(12)4(10)2-8/h3*2-9H2,1H3,(H,11,12);2*4-8,10-13H,2H2,1H3/t;;;2*4-,5+,6-,7-/m...11/s1. The first-order chi connectivity index (χ1) is 29.1. The Morgan fingerprint density at radius 3 is 0.694 bits per heavy atom. The van der Waals surface area contributed by atoms with Crippen LogP contribution in [0.4, 0.5) is 0 Å². The number of carboxylic acids is 3. The maximum Gasteiger partial charge on any atom is 0.303 e. The molecule has 13 N–H and O–H groups in total. The number of hydrogen-bond acceptors (Lipinski definition) is 15. The molecule has 62 heavy (non-hydrogen) atoms. The summed E-state index contributed by atoms with van der Waals surface area (Å²) in [5.74, 6) is -3.44. The molecule has 0 aliphatic carbocycles. The summed E-state index contributed by atoms with van der Waals surface area (Å²) in [6, 6.07) is 0. The largest absolute Gasteiger partial charge is 0.481 e. The molecule has 0 saturated carbocycles. The molecule has 0 aromatic carbocycles. The van der Waals surface area contributed by atoms with Crippen LogP contribution in [0.25, 0.3) is 0 Å². The number of carboxylic acid groups (broad SMARTS) is 3. The van der Waals surface area contributed by atoms with E-state index in [1.165, 1.54) is 96.3 Å². The van der Waals surface area contributed by atoms with Crippen molar-refractivity contribution in [2.45, 2.75) is 238 Å². The third-order valence-electron chi connectivity index (χ3n) is 9.32. The number of carbonyl (C=O) groups is 5. The molecule has 0 aromatic heterocycles. The molecular formula is C44H88O18. The third-order valence-corrected chi connectivity index (χ3v) is 9.32. The van der Waals surface area contributed by atoms with Crippen LogP contribution < -0.4 is 0 Å². The monoisotopic (exact) mass is 905 g/mol. The number of carbonyl (C=O) groups excluding carboxylic acids is 2. The summed E-state index contributed by atoms with van der Waals surface area (Å²) in [6.45, 7) is 7.14. The second kappa shape index (κ2) is 49.4. The van der Waals surface area contributed by atoms with Gasteiger partial charge in [-0.15, -0.1) is 0 Å². The molecule has 18 heteroatoms. The minimum Gasteiger partial charge on any atom is -0.481 e. The van der Waals surface area contributed by atoms with Gasteiger partial charge in [-0.1, -0.05) is 136 Å². The average molecular weight is 905 g/mol. The first-order valence-corrected chi connectivity index (χ1v) is 22.5. The molecule has 0 radical (unpaired) electrons. The minimum atomic E-state index is -1.79. The molecule has 0 aliphatic rings. The van der Waals surface area contributed by atoms with E-state index in [9.17, 15) is 24.0 Å². The van der Waals surface area contributed by atoms with Crippen molar-refractivity contribution >= 4 is 29.5 Å². The van der Waals surface area contributed by atoms with E-state index in [0.29, 0.717) is 19.3 Å². The minimum absolute atomic E-state index is 0.341. The van der Waals surface area contributed by atoms with E-state index in [-0.39, 0.29) is 0 Å². The summed E-state index contributed by atoms with van der Waals surface area (Å²) < 4.78 is 0. The van der Waals surface area contributed by atoms with Gasteiger partial charge in [-0.3, -0.25) is 24.0 Å². The molecule has 372 valence electrons. The first-order valence-electron chi connectivity index (χ1n) is 22.5. The Balaban J connectivity index is -0.000000218. The molecule has 0 heterocycles. The zero-order valence-electron chi connectivity index (χ0n) is 38.4. The van der Waals surface area contributed by atoms with Crippen LogP contribution in [-0.2, 0) is 24.0 Å². The number of rotatable bonds is 34. The maximum atomic E-state index is 10.5. The highest BCUT2D eigenvalue weighted by atomic mass is 16.4. The van der Waals surface area contributed by atoms with E-state index in [1.807, 2.05) is 0 Å². The van der Waals surface area contributed by atoms with Crippen LogP contribution in [0.15, 0.2) is 0 Å². The molecule has 0 rings (SSSR count). The summed E-state index contributed by atoms with van der Waals surface area (Å²) >= 11 is 0. The molecule has 8 atom stereocenters. The fourth-order valence-electron chi connectivity index (χ4n) is 5.23. The SMILES string of the molecule is CC(=O)[C@H](O)[C@@H](O)[C@H](O)[C@H](O)CO.CC(=O)[C@H](O)[C@@H](O)[C@H](O)[C@H](O)CO.CCCCCCCCCC(=O)O.CCCCCCCCCC(=O)O.CCCCCCCCCC(=O)O. The van der Waals surface area contributed by atoms with Crippen molar-refractivity contribution in [3.8, 4) is 0 Å². The lowest BCUT2D eigenvalue weighted by Gasteiger charge is -2.23. The van der Waals surface area contributed by atoms with Crippen LogP contribution in [0, 0.1) is 0 Å². The van der Waals surface area contributed by atoms with Crippen molar-refractivity contribution in [3.63, 3.8) is 0 Å². The van der Waals surface area contributed by atoms with Crippen molar-refractivity contribution < 1.29 is 90.4 Å². The van der Waals surface area contributed by atoms with Gasteiger partial charge >= 0.3 is 17.9 Å². The lowest BCUT2D eigenvalue weighted by atomic mass is 10.0. The Bertz CT molecular complexity index is 941. The average Bonchev–Trinajstić information content (AvgIpc) is 3.23. The maximum absolute atomic E-state index is 10.5. The second-order valence-electron chi connectivity index (χ2n) is 15.4. The Morgan fingerprint density at radius 2 is 0.532 bits per heavy atom. The lowest BCUT2D eigenvalue weighted by Crippen LogP contribution is -2.48. The van der Waals surface area contributed by atoms with E-state index in [2.05, 4.69) is 20.8 Å². The van der Waals surface area contributed by atoms with Crippen LogP contribution in [0.5, 0.6) is 0 Å². The third kappa shape index (κ3) is 50.0. The number of aliphatic carboxylic acids is 3. The number of aliphatic hydroxyl groups excluding tert-OH is 10. The van der Waals surface area contributed by atoms with Crippen molar-refractivity contribution in [2.75, 3.05) is 13.2 Å². The van der Waals surface area contributed by atoms with E-state index in [4.69, 9.17) is 66.4 Å². The normalized spacial score (nSPS) is 14.4. The number of hydrogen-bond donors (Lipinski definition) is 13. The number of ketones is 2. The van der Waals surface area contributed by atoms with Gasteiger partial charge in [0.2, 0.25) is 0 Å². The molecule has 0 fully saturated rings. The quantitative estimate of drug-likeness (QED) is 0.0410. The van der Waals surface area contributed by atoms with Gasteiger partial charge in [0.15, 0.2) is 11.6 Å². The summed E-state index contributed by atoms with van der Waals surface area (Å²) in [6.07, 6.45) is 12.2. The number of unbranched alkanes of at least 4 members (excludes halogenated alkanes) is 18. The van der Waals surface area contributed by atoms with Crippen LogP contribution >= 0.6 is 0 Å². The second-order valence-corrected chi connectivity index (χ2v) is 15.4. The molecular weight excluding hydrogens is 816 g/mol. The number of Topliss-reactive ketones (excluding diaryl/α,β-unsaturated/α-hetero) is 2. The van der Waals surface area contributed by atoms with Crippen molar-refractivity contribution in [2.24, 2.45) is 0 Å². The van der Waals surface area contributed by atoms with Crippen LogP contribution in [-0.4, -0.2) is 158 Å². The fourth-order valence-corrected chi connectivity index (χ4v) is 5.23. The molecule has 0 bridgehead atoms. The van der Waals surface area contributed by atoms with Crippen molar-refractivity contribution in [1.82, 2.24) is 0 Å². The van der Waals surface area contributed by atoms with E-state index in [0.717, 1.165) is 52.4 Å². The lowest BCUT2D eigenvalue weighted by molar-refractivity contribution is -0.145. The van der Waals surface area contributed by atoms with E-state index >= 15 is 0 Å². The Hall–Kier alpha value is -2.65. The van der Waals surface area contributed by atoms with Gasteiger partial charge in [-0.2, -0.15) is 0 Å². The van der Waals surface area contributed by atoms with Gasteiger partial charge in [0, 0.05) is 19.3 Å². The van der Waals surface area contributed by atoms with Crippen LogP contribution in [0.3, 0.4) is 0 Å². The van der Waals surface area contributed by atoms with Gasteiger partial charge in [-0.05, 0) is 33.1 Å². The van der Waals surface area contributed by atoms with Gasteiger partial charge in [0.1, 0.15) is 48.8 Å². The summed E-state index contributed by atoms with van der Waals surface area (Å²) in [5, 5.41) is 114. The zero-order chi connectivity index (χ0) is 48.9. The topological polar surface area (TPSA) is 348 Å². The van der Waals surface area contributed by atoms with Gasteiger partial charge in [0.25, 0.3) is 0 Å². The Morgan fingerprint density at radius 1 is 0.339 bits per heavy atom. The molecule has 0 aliphatic heterocycles. The Kier molecular flexibility index (Phi) is 54.5. The highest BCUT2D eigenvalue weighted by Gasteiger charge is 2.33. The van der Waals surface area contributed by atoms with Crippen LogP contribution in [0.2, 0.25) is 0 Å². The highest BCUT2D eigenvalue weighted by molar-refractivity contribution is 5.81. The van der Waals surface area contributed by atoms with Gasteiger partial charge < -0.3 is 66.4 Å². The summed E-state index contributed by atoms with van der Waals surface area (Å²) in [5.41, 5.74) is 0. The summed E-state index contributed by atoms with van der Waals surface area (Å²) in [4.78, 5) is 51.5. The van der Waals surface area contributed by atoms with E-state index < -0.39 is 91.5 Å². The van der Waals surface area contributed by atoms with Crippen molar-refractivity contribution in [3.05, 3.63) is 0 Å². The first kappa shape index (κ1) is 68.4. The summed E-state index contributed by atoms with van der Waals surface area (Å²) in [7, 11) is 0. The predicted molar refractivity (Wildman–Crippen MR) is 234 cm³/mol. The Labute approximate surface area is 370 Å². The van der Waals surface area contributed by atoms with Crippen molar-refractivity contribution in [1.29, 1.82) is 0 Å². The molecule has 0 aromatic rings. The predicted octanol–water partition coefficient (Wildman–Crippen LogP) is 3.66. The van der Waals surface area contributed by atoms with Crippen LogP contribution in [0.1, 0.15) is 189 Å². The zero-order valence-corrected chi connectivity index (χ0v) is 38.4. The number of aliphatic hydroxyl groups is 10. The van der Waals surface area contributed by atoms with Gasteiger partial charge in [0.05, 0.1) is 13.2 Å². The molecule has 18 nitrogen and oxygen atoms in total. The molecule has 0 saturated heterocycles. The smallest absolute Gasteiger partial charge is 0.303 e. The fraction of sp³-hybridized carbons (Fsp3) is 0.886. The van der Waals surface area contributed by atoms with E-state index in [1.54, 1.807) is 0 Å². The molecule has 0 unspecified atom stereocenters.